The molecule has 0 saturated carbocycles. The fraction of sp³-hybridized carbons (Fsp3) is 0.667. The van der Waals surface area contributed by atoms with Gasteiger partial charge in [0.2, 0.25) is 0 Å². The second kappa shape index (κ2) is 5.43. The highest BCUT2D eigenvalue weighted by atomic mass is 32.2. The Labute approximate surface area is 118 Å². The van der Waals surface area contributed by atoms with E-state index in [9.17, 15) is 13.2 Å². The molecule has 1 fully saturated rings. The summed E-state index contributed by atoms with van der Waals surface area (Å²) in [5.74, 6) is 0.856. The fourth-order valence-electron chi connectivity index (χ4n) is 2.23. The van der Waals surface area contributed by atoms with Crippen molar-refractivity contribution >= 4 is 15.9 Å². The summed E-state index contributed by atoms with van der Waals surface area (Å²) in [4.78, 5) is 13.5. The Morgan fingerprint density at radius 2 is 2.20 bits per heavy atom. The summed E-state index contributed by atoms with van der Waals surface area (Å²) in [6.45, 7) is 4.00. The van der Waals surface area contributed by atoms with E-state index in [1.54, 1.807) is 14.0 Å². The third kappa shape index (κ3) is 3.30. The minimum atomic E-state index is -2.99. The van der Waals surface area contributed by atoms with Crippen LogP contribution < -0.4 is 5.32 Å². The van der Waals surface area contributed by atoms with Gasteiger partial charge in [-0.25, -0.2) is 13.2 Å². The Morgan fingerprint density at radius 3 is 2.70 bits per heavy atom. The van der Waals surface area contributed by atoms with Gasteiger partial charge in [-0.2, -0.15) is 0 Å². The van der Waals surface area contributed by atoms with Crippen molar-refractivity contribution in [1.29, 1.82) is 0 Å². The van der Waals surface area contributed by atoms with Crippen LogP contribution in [0.1, 0.15) is 23.4 Å². The van der Waals surface area contributed by atoms with E-state index in [0.29, 0.717) is 18.7 Å². The molecule has 0 bridgehead atoms. The van der Waals surface area contributed by atoms with Gasteiger partial charge in [0, 0.05) is 18.7 Å². The molecule has 1 aliphatic rings. The molecule has 1 saturated heterocycles. The molecular weight excluding hydrogens is 282 g/mol. The van der Waals surface area contributed by atoms with Gasteiger partial charge in [-0.05, 0) is 20.3 Å². The van der Waals surface area contributed by atoms with Crippen LogP contribution in [0.2, 0.25) is 0 Å². The van der Waals surface area contributed by atoms with Gasteiger partial charge in [-0.3, -0.25) is 0 Å². The number of urea groups is 1. The van der Waals surface area contributed by atoms with Crippen LogP contribution in [-0.4, -0.2) is 49.1 Å². The van der Waals surface area contributed by atoms with Gasteiger partial charge in [0.05, 0.1) is 23.7 Å². The maximum Gasteiger partial charge on any atom is 0.317 e. The zero-order valence-electron chi connectivity index (χ0n) is 11.8. The quantitative estimate of drug-likeness (QED) is 0.883. The molecule has 1 aromatic rings. The van der Waals surface area contributed by atoms with E-state index >= 15 is 0 Å². The molecule has 0 spiro atoms. The van der Waals surface area contributed by atoms with E-state index in [4.69, 9.17) is 4.52 Å². The molecule has 1 N–H and O–H groups in total. The van der Waals surface area contributed by atoms with E-state index < -0.39 is 9.84 Å². The molecule has 0 unspecified atom stereocenters. The predicted octanol–water partition coefficient (Wildman–Crippen LogP) is 0.620. The fourth-order valence-corrected chi connectivity index (χ4v) is 3.90. The Balaban J connectivity index is 1.93. The molecular formula is C12H19N3O4S. The number of carbonyl (C=O) groups excluding carboxylic acids is 1. The second-order valence-corrected chi connectivity index (χ2v) is 7.44. The second-order valence-electron chi connectivity index (χ2n) is 5.21. The highest BCUT2D eigenvalue weighted by Gasteiger charge is 2.29. The van der Waals surface area contributed by atoms with Gasteiger partial charge in [-0.1, -0.05) is 5.16 Å². The standard InChI is InChI=1S/C12H19N3O4S/c1-8-11(9(2)19-14-8)6-15(3)12(16)13-10-4-5-20(17,18)7-10/h10H,4-7H2,1-3H3,(H,13,16)/t10-/m0/s1. The number of rotatable bonds is 3. The summed E-state index contributed by atoms with van der Waals surface area (Å²) in [5, 5.41) is 6.58. The molecule has 7 nitrogen and oxygen atoms in total. The first-order valence-electron chi connectivity index (χ1n) is 6.42. The maximum absolute atomic E-state index is 12.0. The van der Waals surface area contributed by atoms with Crippen LogP contribution >= 0.6 is 0 Å². The zero-order valence-corrected chi connectivity index (χ0v) is 12.7. The van der Waals surface area contributed by atoms with Crippen LogP contribution in [0.4, 0.5) is 4.79 Å². The lowest BCUT2D eigenvalue weighted by Gasteiger charge is -2.20. The van der Waals surface area contributed by atoms with Crippen molar-refractivity contribution in [2.75, 3.05) is 18.6 Å². The van der Waals surface area contributed by atoms with Crippen LogP contribution in [0.3, 0.4) is 0 Å². The number of sulfone groups is 1. The van der Waals surface area contributed by atoms with Gasteiger partial charge in [0.15, 0.2) is 9.84 Å². The van der Waals surface area contributed by atoms with E-state index in [-0.39, 0.29) is 23.6 Å². The third-order valence-corrected chi connectivity index (χ3v) is 5.25. The molecule has 20 heavy (non-hydrogen) atoms. The average molecular weight is 301 g/mol. The topological polar surface area (TPSA) is 92.5 Å². The number of aromatic nitrogens is 1. The largest absolute Gasteiger partial charge is 0.361 e. The number of hydrogen-bond acceptors (Lipinski definition) is 5. The Bertz CT molecular complexity index is 589. The predicted molar refractivity (Wildman–Crippen MR) is 73.0 cm³/mol. The van der Waals surface area contributed by atoms with Gasteiger partial charge in [-0.15, -0.1) is 0 Å². The first kappa shape index (κ1) is 14.8. The zero-order chi connectivity index (χ0) is 14.9. The van der Waals surface area contributed by atoms with Crippen molar-refractivity contribution in [1.82, 2.24) is 15.4 Å². The van der Waals surface area contributed by atoms with Crippen LogP contribution in [0.25, 0.3) is 0 Å². The number of nitrogens with zero attached hydrogens (tertiary/aromatic N) is 2. The van der Waals surface area contributed by atoms with Crippen molar-refractivity contribution in [3.05, 3.63) is 17.0 Å². The van der Waals surface area contributed by atoms with Crippen LogP contribution in [0, 0.1) is 13.8 Å². The molecule has 8 heteroatoms. The highest BCUT2D eigenvalue weighted by molar-refractivity contribution is 7.91. The summed E-state index contributed by atoms with van der Waals surface area (Å²) in [6, 6.07) is -0.577. The molecule has 0 aliphatic carbocycles. The lowest BCUT2D eigenvalue weighted by molar-refractivity contribution is 0.203. The number of aryl methyl sites for hydroxylation is 2. The van der Waals surface area contributed by atoms with Crippen LogP contribution in [0.5, 0.6) is 0 Å². The number of hydrogen-bond donors (Lipinski definition) is 1. The number of carbonyl (C=O) groups is 1. The molecule has 112 valence electrons. The monoisotopic (exact) mass is 301 g/mol. The average Bonchev–Trinajstić information content (AvgIpc) is 2.85. The van der Waals surface area contributed by atoms with E-state index in [2.05, 4.69) is 10.5 Å². The lowest BCUT2D eigenvalue weighted by Crippen LogP contribution is -2.43. The summed E-state index contributed by atoms with van der Waals surface area (Å²) in [5.41, 5.74) is 1.63. The summed E-state index contributed by atoms with van der Waals surface area (Å²) in [7, 11) is -1.33. The molecule has 2 rings (SSSR count). The summed E-state index contributed by atoms with van der Waals surface area (Å²) < 4.78 is 27.8. The highest BCUT2D eigenvalue weighted by Crippen LogP contribution is 2.15. The van der Waals surface area contributed by atoms with Crippen molar-refractivity contribution in [2.45, 2.75) is 32.9 Å². The molecule has 0 aromatic carbocycles. The van der Waals surface area contributed by atoms with Crippen molar-refractivity contribution < 1.29 is 17.7 Å². The van der Waals surface area contributed by atoms with E-state index in [0.717, 1.165) is 11.3 Å². The first-order valence-corrected chi connectivity index (χ1v) is 8.24. The van der Waals surface area contributed by atoms with Crippen LogP contribution in [0.15, 0.2) is 4.52 Å². The summed E-state index contributed by atoms with van der Waals surface area (Å²) >= 11 is 0. The third-order valence-electron chi connectivity index (χ3n) is 3.48. The van der Waals surface area contributed by atoms with Crippen molar-refractivity contribution in [3.63, 3.8) is 0 Å². The van der Waals surface area contributed by atoms with Crippen molar-refractivity contribution in [2.24, 2.45) is 0 Å². The minimum absolute atomic E-state index is 0.0257. The normalized spacial score (nSPS) is 20.9. The molecule has 1 aliphatic heterocycles. The van der Waals surface area contributed by atoms with Crippen molar-refractivity contribution in [3.8, 4) is 0 Å². The number of nitrogens with one attached hydrogen (secondary N) is 1. The maximum atomic E-state index is 12.0. The number of amides is 2. The smallest absolute Gasteiger partial charge is 0.317 e. The van der Waals surface area contributed by atoms with E-state index in [1.807, 2.05) is 6.92 Å². The minimum Gasteiger partial charge on any atom is -0.361 e. The van der Waals surface area contributed by atoms with Crippen LogP contribution in [-0.2, 0) is 16.4 Å². The van der Waals surface area contributed by atoms with Gasteiger partial charge in [0.25, 0.3) is 0 Å². The molecule has 2 amide bonds. The first-order chi connectivity index (χ1) is 9.28. The Morgan fingerprint density at radius 1 is 1.50 bits per heavy atom. The lowest BCUT2D eigenvalue weighted by atomic mass is 10.2. The van der Waals surface area contributed by atoms with Gasteiger partial charge in [0.1, 0.15) is 5.76 Å². The molecule has 1 atom stereocenters. The van der Waals surface area contributed by atoms with Gasteiger partial charge < -0.3 is 14.7 Å². The summed E-state index contributed by atoms with van der Waals surface area (Å²) in [6.07, 6.45) is 0.479. The van der Waals surface area contributed by atoms with Gasteiger partial charge >= 0.3 is 6.03 Å². The molecule has 0 radical (unpaired) electrons. The Hall–Kier alpha value is -1.57. The van der Waals surface area contributed by atoms with E-state index in [1.165, 1.54) is 4.90 Å². The molecule has 1 aromatic heterocycles. The SMILES string of the molecule is Cc1noc(C)c1CN(C)C(=O)N[C@H]1CCS(=O)(=O)C1. The Kier molecular flexibility index (Phi) is 4.03. The molecule has 2 heterocycles.